The average Bonchev–Trinajstić information content (AvgIpc) is 2.89. The van der Waals surface area contributed by atoms with E-state index in [4.69, 9.17) is 0 Å². The van der Waals surface area contributed by atoms with E-state index in [0.717, 1.165) is 11.3 Å². The van der Waals surface area contributed by atoms with E-state index in [1.165, 1.54) is 12.1 Å². The molecule has 0 unspecified atom stereocenters. The van der Waals surface area contributed by atoms with Crippen LogP contribution in [0.1, 0.15) is 21.7 Å². The molecular weight excluding hydrogens is 299 g/mol. The summed E-state index contributed by atoms with van der Waals surface area (Å²) in [6, 6.07) is 7.63. The number of carbonyl (C=O) groups excluding carboxylic acids is 1. The maximum atomic E-state index is 12.0. The SMILES string of the molecule is Cc1cc(C(=O)NCc2ccc(OCC(F)(F)F)cc2)n[nH]1. The highest BCUT2D eigenvalue weighted by Crippen LogP contribution is 2.18. The van der Waals surface area contributed by atoms with Gasteiger partial charge in [-0.2, -0.15) is 18.3 Å². The quantitative estimate of drug-likeness (QED) is 0.891. The van der Waals surface area contributed by atoms with Gasteiger partial charge in [0.15, 0.2) is 6.61 Å². The summed E-state index contributed by atoms with van der Waals surface area (Å²) in [7, 11) is 0. The Kier molecular flexibility index (Phi) is 4.69. The number of ether oxygens (including phenoxy) is 1. The van der Waals surface area contributed by atoms with Crippen molar-refractivity contribution in [3.63, 3.8) is 0 Å². The number of alkyl halides is 3. The number of H-pyrrole nitrogens is 1. The molecule has 5 nitrogen and oxygen atoms in total. The monoisotopic (exact) mass is 313 g/mol. The molecule has 2 rings (SSSR count). The van der Waals surface area contributed by atoms with E-state index in [0.29, 0.717) is 0 Å². The molecule has 0 saturated heterocycles. The Morgan fingerprint density at radius 3 is 2.55 bits per heavy atom. The van der Waals surface area contributed by atoms with Crippen molar-refractivity contribution in [2.24, 2.45) is 0 Å². The highest BCUT2D eigenvalue weighted by molar-refractivity contribution is 5.92. The second-order valence-corrected chi connectivity index (χ2v) is 4.67. The summed E-state index contributed by atoms with van der Waals surface area (Å²) in [5, 5.41) is 9.15. The van der Waals surface area contributed by atoms with Gasteiger partial charge in [-0.05, 0) is 30.7 Å². The Morgan fingerprint density at radius 2 is 2.00 bits per heavy atom. The smallest absolute Gasteiger partial charge is 0.422 e. The molecule has 0 aliphatic carbocycles. The van der Waals surface area contributed by atoms with Crippen molar-refractivity contribution in [2.45, 2.75) is 19.6 Å². The standard InChI is InChI=1S/C14H14F3N3O2/c1-9-6-12(20-19-9)13(21)18-7-10-2-4-11(5-3-10)22-8-14(15,16)17/h2-6H,7-8H2,1H3,(H,18,21)(H,19,20). The fourth-order valence-electron chi connectivity index (χ4n) is 1.68. The summed E-state index contributed by atoms with van der Waals surface area (Å²) in [5.74, 6) is -0.211. The number of aryl methyl sites for hydroxylation is 1. The Hall–Kier alpha value is -2.51. The van der Waals surface area contributed by atoms with E-state index in [1.807, 2.05) is 0 Å². The third kappa shape index (κ3) is 4.80. The zero-order valence-corrected chi connectivity index (χ0v) is 11.7. The first-order valence-corrected chi connectivity index (χ1v) is 6.42. The number of hydrogen-bond donors (Lipinski definition) is 2. The van der Waals surface area contributed by atoms with Crippen LogP contribution >= 0.6 is 0 Å². The van der Waals surface area contributed by atoms with Crippen LogP contribution in [0.15, 0.2) is 30.3 Å². The third-order valence-corrected chi connectivity index (χ3v) is 2.72. The van der Waals surface area contributed by atoms with Crippen molar-refractivity contribution in [1.82, 2.24) is 15.5 Å². The molecule has 2 aromatic rings. The van der Waals surface area contributed by atoms with Crippen LogP contribution in [0.4, 0.5) is 13.2 Å². The van der Waals surface area contributed by atoms with Crippen molar-refractivity contribution in [3.8, 4) is 5.75 Å². The molecular formula is C14H14F3N3O2. The number of hydrogen-bond acceptors (Lipinski definition) is 3. The third-order valence-electron chi connectivity index (χ3n) is 2.72. The van der Waals surface area contributed by atoms with Gasteiger partial charge < -0.3 is 10.1 Å². The molecule has 1 aromatic carbocycles. The van der Waals surface area contributed by atoms with Crippen molar-refractivity contribution >= 4 is 5.91 Å². The Morgan fingerprint density at radius 1 is 1.32 bits per heavy atom. The minimum Gasteiger partial charge on any atom is -0.484 e. The average molecular weight is 313 g/mol. The molecule has 0 spiro atoms. The normalized spacial score (nSPS) is 11.3. The first kappa shape index (κ1) is 15.9. The van der Waals surface area contributed by atoms with Gasteiger partial charge in [-0.3, -0.25) is 9.89 Å². The maximum Gasteiger partial charge on any atom is 0.422 e. The van der Waals surface area contributed by atoms with Gasteiger partial charge in [0.2, 0.25) is 0 Å². The van der Waals surface area contributed by atoms with E-state index in [-0.39, 0.29) is 23.9 Å². The summed E-state index contributed by atoms with van der Waals surface area (Å²) in [6.45, 7) is 0.690. The van der Waals surface area contributed by atoms with Crippen molar-refractivity contribution in [1.29, 1.82) is 0 Å². The van der Waals surface area contributed by atoms with Gasteiger partial charge in [0.05, 0.1) is 0 Å². The van der Waals surface area contributed by atoms with Gasteiger partial charge in [-0.1, -0.05) is 12.1 Å². The second-order valence-electron chi connectivity index (χ2n) is 4.67. The molecule has 0 aliphatic heterocycles. The van der Waals surface area contributed by atoms with Crippen LogP contribution in [-0.4, -0.2) is 28.9 Å². The topological polar surface area (TPSA) is 67.0 Å². The summed E-state index contributed by atoms with van der Waals surface area (Å²) >= 11 is 0. The second kappa shape index (κ2) is 6.50. The summed E-state index contributed by atoms with van der Waals surface area (Å²) in [4.78, 5) is 11.8. The molecule has 22 heavy (non-hydrogen) atoms. The Bertz CT molecular complexity index is 636. The van der Waals surface area contributed by atoms with E-state index >= 15 is 0 Å². The first-order chi connectivity index (χ1) is 10.3. The summed E-state index contributed by atoms with van der Waals surface area (Å²) in [5.41, 5.74) is 1.79. The van der Waals surface area contributed by atoms with Gasteiger partial charge in [-0.15, -0.1) is 0 Å². The lowest BCUT2D eigenvalue weighted by Crippen LogP contribution is -2.23. The Labute approximate surface area is 124 Å². The van der Waals surface area contributed by atoms with Crippen LogP contribution in [-0.2, 0) is 6.54 Å². The number of aromatic nitrogens is 2. The Balaban J connectivity index is 1.85. The van der Waals surface area contributed by atoms with E-state index in [1.54, 1.807) is 25.1 Å². The number of carbonyl (C=O) groups is 1. The minimum absolute atomic E-state index is 0.121. The lowest BCUT2D eigenvalue weighted by Gasteiger charge is -2.09. The van der Waals surface area contributed by atoms with Gasteiger partial charge in [0.1, 0.15) is 11.4 Å². The highest BCUT2D eigenvalue weighted by Gasteiger charge is 2.28. The van der Waals surface area contributed by atoms with Gasteiger partial charge in [0, 0.05) is 12.2 Å². The van der Waals surface area contributed by atoms with E-state index in [2.05, 4.69) is 20.3 Å². The molecule has 0 atom stereocenters. The molecule has 118 valence electrons. The zero-order valence-electron chi connectivity index (χ0n) is 11.7. The van der Waals surface area contributed by atoms with Crippen LogP contribution in [0, 0.1) is 6.92 Å². The molecule has 1 heterocycles. The molecule has 0 radical (unpaired) electrons. The molecule has 0 aliphatic rings. The summed E-state index contributed by atoms with van der Waals surface area (Å²) < 4.78 is 40.6. The number of halogens is 3. The lowest BCUT2D eigenvalue weighted by molar-refractivity contribution is -0.153. The molecule has 2 N–H and O–H groups in total. The van der Waals surface area contributed by atoms with Gasteiger partial charge >= 0.3 is 6.18 Å². The first-order valence-electron chi connectivity index (χ1n) is 6.42. The number of aromatic amines is 1. The predicted molar refractivity (Wildman–Crippen MR) is 72.5 cm³/mol. The molecule has 0 bridgehead atoms. The fraction of sp³-hybridized carbons (Fsp3) is 0.286. The van der Waals surface area contributed by atoms with Crippen LogP contribution in [0.5, 0.6) is 5.75 Å². The predicted octanol–water partition coefficient (Wildman–Crippen LogP) is 2.59. The lowest BCUT2D eigenvalue weighted by atomic mass is 10.2. The molecule has 0 fully saturated rings. The molecule has 1 amide bonds. The number of nitrogens with zero attached hydrogens (tertiary/aromatic N) is 1. The van der Waals surface area contributed by atoms with Gasteiger partial charge in [-0.25, -0.2) is 0 Å². The van der Waals surface area contributed by atoms with Gasteiger partial charge in [0.25, 0.3) is 5.91 Å². The van der Waals surface area contributed by atoms with Crippen LogP contribution in [0.25, 0.3) is 0 Å². The highest BCUT2D eigenvalue weighted by atomic mass is 19.4. The zero-order chi connectivity index (χ0) is 16.2. The number of amides is 1. The van der Waals surface area contributed by atoms with Crippen molar-refractivity contribution in [3.05, 3.63) is 47.3 Å². The minimum atomic E-state index is -4.37. The number of rotatable bonds is 5. The van der Waals surface area contributed by atoms with Crippen LogP contribution in [0.3, 0.4) is 0 Å². The number of nitrogens with one attached hydrogen (secondary N) is 2. The maximum absolute atomic E-state index is 12.0. The molecule has 0 saturated carbocycles. The van der Waals surface area contributed by atoms with E-state index in [9.17, 15) is 18.0 Å². The van der Waals surface area contributed by atoms with Crippen molar-refractivity contribution < 1.29 is 22.7 Å². The fourth-order valence-corrected chi connectivity index (χ4v) is 1.68. The molecule has 8 heteroatoms. The summed E-state index contributed by atoms with van der Waals surface area (Å²) in [6.07, 6.45) is -4.37. The van der Waals surface area contributed by atoms with Crippen molar-refractivity contribution in [2.75, 3.05) is 6.61 Å². The molecule has 1 aromatic heterocycles. The number of benzene rings is 1. The van der Waals surface area contributed by atoms with Crippen LogP contribution in [0.2, 0.25) is 0 Å². The largest absolute Gasteiger partial charge is 0.484 e. The van der Waals surface area contributed by atoms with Crippen LogP contribution < -0.4 is 10.1 Å². The van der Waals surface area contributed by atoms with E-state index < -0.39 is 12.8 Å².